The molecule has 124 valence electrons. The molecule has 2 N–H and O–H groups in total. The van der Waals surface area contributed by atoms with Gasteiger partial charge >= 0.3 is 0 Å². The normalized spacial score (nSPS) is 43.9. The van der Waals surface area contributed by atoms with Crippen molar-refractivity contribution in [3.63, 3.8) is 0 Å². The third kappa shape index (κ3) is 1.82. The monoisotopic (exact) mass is 327 g/mol. The molecule has 0 spiro atoms. The molecule has 0 radical (unpaired) electrons. The van der Waals surface area contributed by atoms with Gasteiger partial charge in [0.2, 0.25) is 0 Å². The lowest BCUT2D eigenvalue weighted by molar-refractivity contribution is 0.0392. The second-order valence-electron chi connectivity index (χ2n) is 8.54. The predicted octanol–water partition coefficient (Wildman–Crippen LogP) is 5.23. The Kier molecular flexibility index (Phi) is 3.43. The maximum absolute atomic E-state index is 6.40. The predicted molar refractivity (Wildman–Crippen MR) is 100 cm³/mol. The summed E-state index contributed by atoms with van der Waals surface area (Å²) in [5.74, 6) is 1.51. The fourth-order valence-electron chi connectivity index (χ4n) is 7.23. The summed E-state index contributed by atoms with van der Waals surface area (Å²) in [6.45, 7) is 4.75. The van der Waals surface area contributed by atoms with Crippen molar-refractivity contribution >= 4 is 17.2 Å². The van der Waals surface area contributed by atoms with Gasteiger partial charge in [-0.15, -0.1) is 0 Å². The topological polar surface area (TPSA) is 26.0 Å². The summed E-state index contributed by atoms with van der Waals surface area (Å²) < 4.78 is 0. The van der Waals surface area contributed by atoms with E-state index in [0.29, 0.717) is 16.7 Å². The van der Waals surface area contributed by atoms with Crippen molar-refractivity contribution in [3.05, 3.63) is 35.9 Å². The molecule has 5 rings (SSSR count). The zero-order valence-electron chi connectivity index (χ0n) is 14.5. The maximum atomic E-state index is 6.40. The van der Waals surface area contributed by atoms with E-state index in [9.17, 15) is 0 Å². The lowest BCUT2D eigenvalue weighted by Crippen LogP contribution is -2.42. The summed E-state index contributed by atoms with van der Waals surface area (Å²) in [4.78, 5) is 0.816. The minimum Gasteiger partial charge on any atom is -0.393 e. The summed E-state index contributed by atoms with van der Waals surface area (Å²) in [6.07, 6.45) is 9.05. The van der Waals surface area contributed by atoms with Crippen molar-refractivity contribution in [3.8, 4) is 0 Å². The van der Waals surface area contributed by atoms with Crippen LogP contribution in [0.3, 0.4) is 0 Å². The minimum absolute atomic E-state index is 0.138. The summed E-state index contributed by atoms with van der Waals surface area (Å²) in [6, 6.07) is 11.2. The lowest BCUT2D eigenvalue weighted by Gasteiger charge is -2.49. The molecule has 0 aromatic heterocycles. The van der Waals surface area contributed by atoms with Gasteiger partial charge in [-0.3, -0.25) is 0 Å². The van der Waals surface area contributed by atoms with Crippen LogP contribution in [0, 0.1) is 22.7 Å². The van der Waals surface area contributed by atoms with Gasteiger partial charge in [-0.05, 0) is 66.8 Å². The van der Waals surface area contributed by atoms with Gasteiger partial charge in [0, 0.05) is 5.41 Å². The van der Waals surface area contributed by atoms with Crippen LogP contribution in [0.4, 0.5) is 0 Å². The summed E-state index contributed by atoms with van der Waals surface area (Å²) in [5.41, 5.74) is 8.90. The molecule has 2 heteroatoms. The molecule has 1 nitrogen and oxygen atoms in total. The molecule has 4 bridgehead atoms. The number of hydrogen-bond donors (Lipinski definition) is 1. The van der Waals surface area contributed by atoms with E-state index in [1.54, 1.807) is 0 Å². The van der Waals surface area contributed by atoms with Gasteiger partial charge in [0.15, 0.2) is 0 Å². The molecule has 4 aliphatic carbocycles. The fraction of sp³-hybridized carbons (Fsp3) is 0.667. The third-order valence-corrected chi connectivity index (χ3v) is 8.33. The maximum Gasteiger partial charge on any atom is 0.0793 e. The molecule has 5 atom stereocenters. The number of benzene rings is 1. The summed E-state index contributed by atoms with van der Waals surface area (Å²) >= 11 is 5.67. The summed E-state index contributed by atoms with van der Waals surface area (Å²) in [5, 5.41) is 0. The molecule has 1 aromatic rings. The highest BCUT2D eigenvalue weighted by Crippen LogP contribution is 2.78. The Morgan fingerprint density at radius 1 is 1.17 bits per heavy atom. The van der Waals surface area contributed by atoms with E-state index in [1.807, 2.05) is 0 Å². The first-order chi connectivity index (χ1) is 11.0. The highest BCUT2D eigenvalue weighted by molar-refractivity contribution is 7.80. The standard InChI is InChI=1S/C21H29NS/c1-3-10-20(4-2)16-11-19(15-8-6-5-7-9-15)13-17(20)21(12-16,14-19)18(22)23/h5-9,16-17H,3-4,10-14H2,1-2H3,(H2,22,23). The Balaban J connectivity index is 1.82. The van der Waals surface area contributed by atoms with Crippen molar-refractivity contribution in [1.29, 1.82) is 0 Å². The first-order valence-electron chi connectivity index (χ1n) is 9.38. The van der Waals surface area contributed by atoms with Crippen molar-refractivity contribution in [1.82, 2.24) is 0 Å². The Bertz CT molecular complexity index is 626. The van der Waals surface area contributed by atoms with Crippen LogP contribution in [0.2, 0.25) is 0 Å². The molecule has 4 aliphatic rings. The van der Waals surface area contributed by atoms with Crippen molar-refractivity contribution in [2.75, 3.05) is 0 Å². The van der Waals surface area contributed by atoms with Gasteiger partial charge in [-0.1, -0.05) is 62.8 Å². The molecule has 4 fully saturated rings. The molecule has 1 aromatic carbocycles. The van der Waals surface area contributed by atoms with Gasteiger partial charge in [0.05, 0.1) is 4.99 Å². The molecule has 0 amide bonds. The number of rotatable bonds is 5. The van der Waals surface area contributed by atoms with Crippen LogP contribution >= 0.6 is 12.2 Å². The SMILES string of the molecule is CCCC1(CC)C2CC3(c4ccccc4)CC1C(C(N)=S)(C2)C3. The van der Waals surface area contributed by atoms with Gasteiger partial charge in [-0.2, -0.15) is 0 Å². The van der Waals surface area contributed by atoms with E-state index < -0.39 is 0 Å². The van der Waals surface area contributed by atoms with E-state index in [4.69, 9.17) is 18.0 Å². The Morgan fingerprint density at radius 3 is 2.52 bits per heavy atom. The Morgan fingerprint density at radius 2 is 1.91 bits per heavy atom. The highest BCUT2D eigenvalue weighted by Gasteiger charge is 2.73. The first-order valence-corrected chi connectivity index (χ1v) is 9.79. The van der Waals surface area contributed by atoms with E-state index in [1.165, 1.54) is 50.5 Å². The smallest absolute Gasteiger partial charge is 0.0793 e. The molecule has 0 heterocycles. The van der Waals surface area contributed by atoms with Gasteiger partial charge in [-0.25, -0.2) is 0 Å². The molecule has 0 saturated heterocycles. The second-order valence-corrected chi connectivity index (χ2v) is 8.98. The van der Waals surface area contributed by atoms with Crippen LogP contribution in [-0.2, 0) is 5.41 Å². The van der Waals surface area contributed by atoms with E-state index in [2.05, 4.69) is 44.2 Å². The van der Waals surface area contributed by atoms with Crippen LogP contribution < -0.4 is 5.73 Å². The quantitative estimate of drug-likeness (QED) is 0.750. The van der Waals surface area contributed by atoms with E-state index in [0.717, 1.165) is 10.9 Å². The second kappa shape index (κ2) is 5.05. The fourth-order valence-corrected chi connectivity index (χ4v) is 7.53. The average Bonchev–Trinajstić information content (AvgIpc) is 2.92. The first kappa shape index (κ1) is 15.6. The van der Waals surface area contributed by atoms with Crippen molar-refractivity contribution in [2.45, 2.75) is 64.2 Å². The van der Waals surface area contributed by atoms with Crippen LogP contribution in [0.1, 0.15) is 64.4 Å². The number of hydrogen-bond acceptors (Lipinski definition) is 1. The number of thiocarbonyl (C=S) groups is 1. The third-order valence-electron chi connectivity index (χ3n) is 7.92. The van der Waals surface area contributed by atoms with Gasteiger partial charge in [0.25, 0.3) is 0 Å². The van der Waals surface area contributed by atoms with Crippen molar-refractivity contribution in [2.24, 2.45) is 28.4 Å². The minimum atomic E-state index is 0.138. The molecule has 5 unspecified atom stereocenters. The average molecular weight is 328 g/mol. The molecular formula is C21H29NS. The van der Waals surface area contributed by atoms with E-state index >= 15 is 0 Å². The van der Waals surface area contributed by atoms with Crippen LogP contribution in [0.25, 0.3) is 0 Å². The zero-order valence-corrected chi connectivity index (χ0v) is 15.3. The molecule has 4 saturated carbocycles. The highest BCUT2D eigenvalue weighted by atomic mass is 32.1. The van der Waals surface area contributed by atoms with Crippen LogP contribution in [-0.4, -0.2) is 4.99 Å². The zero-order chi connectivity index (χ0) is 16.3. The lowest BCUT2D eigenvalue weighted by atomic mass is 9.55. The Labute approximate surface area is 146 Å². The molecule has 0 aliphatic heterocycles. The van der Waals surface area contributed by atoms with Gasteiger partial charge < -0.3 is 5.73 Å². The van der Waals surface area contributed by atoms with Crippen LogP contribution in [0.5, 0.6) is 0 Å². The molecule has 23 heavy (non-hydrogen) atoms. The largest absolute Gasteiger partial charge is 0.393 e. The Hall–Kier alpha value is -0.890. The van der Waals surface area contributed by atoms with Crippen LogP contribution in [0.15, 0.2) is 30.3 Å². The molecular weight excluding hydrogens is 298 g/mol. The van der Waals surface area contributed by atoms with Crippen molar-refractivity contribution < 1.29 is 0 Å². The summed E-state index contributed by atoms with van der Waals surface area (Å²) in [7, 11) is 0. The number of nitrogens with two attached hydrogens (primary N) is 1. The van der Waals surface area contributed by atoms with E-state index in [-0.39, 0.29) is 5.41 Å². The van der Waals surface area contributed by atoms with Gasteiger partial charge in [0.1, 0.15) is 0 Å².